The largest absolute Gasteiger partial charge is 0.480 e. The summed E-state index contributed by atoms with van der Waals surface area (Å²) in [6.07, 6.45) is 6.61. The van der Waals surface area contributed by atoms with Gasteiger partial charge in [0.1, 0.15) is 6.04 Å². The van der Waals surface area contributed by atoms with Crippen molar-refractivity contribution in [3.63, 3.8) is 0 Å². The number of hydrogen-bond donors (Lipinski definition) is 3. The molecule has 0 aliphatic heterocycles. The SMILES string of the molecule is N[C@@H](CSCC(C(=O)c1ccc(/C=C/C(=O)Nc2ccc3cnccc3c2)cc1)c1ccccc1)C(=O)O. The summed E-state index contributed by atoms with van der Waals surface area (Å²) >= 11 is 1.35. The third kappa shape index (κ3) is 7.15. The third-order valence-corrected chi connectivity index (χ3v) is 7.11. The molecule has 7 nitrogen and oxygen atoms in total. The van der Waals surface area contributed by atoms with Crippen molar-refractivity contribution in [1.29, 1.82) is 0 Å². The fraction of sp³-hybridized carbons (Fsp3) is 0.133. The molecule has 0 saturated heterocycles. The van der Waals surface area contributed by atoms with E-state index in [4.69, 9.17) is 10.8 Å². The Kier molecular flexibility index (Phi) is 9.02. The van der Waals surface area contributed by atoms with Crippen LogP contribution in [0.15, 0.2) is 97.3 Å². The van der Waals surface area contributed by atoms with Gasteiger partial charge in [-0.3, -0.25) is 19.4 Å². The first-order valence-corrected chi connectivity index (χ1v) is 13.1. The number of amides is 1. The van der Waals surface area contributed by atoms with Gasteiger partial charge < -0.3 is 16.2 Å². The summed E-state index contributed by atoms with van der Waals surface area (Å²) < 4.78 is 0. The molecule has 1 aromatic heterocycles. The zero-order valence-electron chi connectivity index (χ0n) is 20.5. The summed E-state index contributed by atoms with van der Waals surface area (Å²) in [7, 11) is 0. The van der Waals surface area contributed by atoms with Crippen LogP contribution in [0, 0.1) is 0 Å². The summed E-state index contributed by atoms with van der Waals surface area (Å²) in [5.74, 6) is -1.20. The number of aromatic nitrogens is 1. The fourth-order valence-electron chi connectivity index (χ4n) is 3.87. The van der Waals surface area contributed by atoms with E-state index in [0.29, 0.717) is 17.0 Å². The molecular formula is C30H27N3O4S. The summed E-state index contributed by atoms with van der Waals surface area (Å²) in [5, 5.41) is 13.9. The van der Waals surface area contributed by atoms with Crippen LogP contribution in [0.25, 0.3) is 16.8 Å². The molecule has 2 atom stereocenters. The summed E-state index contributed by atoms with van der Waals surface area (Å²) in [5.41, 5.74) is 8.48. The number of thioether (sulfide) groups is 1. The van der Waals surface area contributed by atoms with Crippen LogP contribution in [0.5, 0.6) is 0 Å². The molecule has 3 aromatic carbocycles. The lowest BCUT2D eigenvalue weighted by Gasteiger charge is -2.17. The van der Waals surface area contributed by atoms with E-state index < -0.39 is 17.9 Å². The highest BCUT2D eigenvalue weighted by Crippen LogP contribution is 2.26. The quantitative estimate of drug-likeness (QED) is 0.186. The number of fused-ring (bicyclic) bond motifs is 1. The number of Topliss-reactive ketones (excluding diaryl/α,β-unsaturated/α-hetero) is 1. The van der Waals surface area contributed by atoms with Gasteiger partial charge in [0, 0.05) is 46.6 Å². The number of carboxylic acids is 1. The Bertz CT molecular complexity index is 1460. The van der Waals surface area contributed by atoms with Crippen molar-refractivity contribution >= 4 is 52.0 Å². The molecule has 192 valence electrons. The van der Waals surface area contributed by atoms with E-state index >= 15 is 0 Å². The molecule has 4 rings (SSSR count). The number of anilines is 1. The second-order valence-corrected chi connectivity index (χ2v) is 9.77. The van der Waals surface area contributed by atoms with Gasteiger partial charge in [0.05, 0.1) is 5.92 Å². The first-order chi connectivity index (χ1) is 18.4. The number of carbonyl (C=O) groups is 3. The minimum Gasteiger partial charge on any atom is -0.480 e. The summed E-state index contributed by atoms with van der Waals surface area (Å²) in [6, 6.07) is 23.0. The monoisotopic (exact) mass is 525 g/mol. The van der Waals surface area contributed by atoms with Gasteiger partial charge in [-0.2, -0.15) is 11.8 Å². The molecule has 38 heavy (non-hydrogen) atoms. The van der Waals surface area contributed by atoms with Crippen molar-refractivity contribution in [2.24, 2.45) is 5.73 Å². The van der Waals surface area contributed by atoms with E-state index in [9.17, 15) is 14.4 Å². The number of pyridine rings is 1. The van der Waals surface area contributed by atoms with E-state index in [0.717, 1.165) is 21.9 Å². The third-order valence-electron chi connectivity index (χ3n) is 5.95. The fourth-order valence-corrected chi connectivity index (χ4v) is 4.98. The molecule has 1 heterocycles. The van der Waals surface area contributed by atoms with Crippen molar-refractivity contribution in [1.82, 2.24) is 4.98 Å². The maximum Gasteiger partial charge on any atom is 0.321 e. The molecule has 0 spiro atoms. The highest BCUT2D eigenvalue weighted by molar-refractivity contribution is 7.99. The molecule has 0 fully saturated rings. The number of hydrogen-bond acceptors (Lipinski definition) is 6. The van der Waals surface area contributed by atoms with Gasteiger partial charge in [-0.1, -0.05) is 60.7 Å². The maximum absolute atomic E-state index is 13.4. The van der Waals surface area contributed by atoms with Crippen molar-refractivity contribution in [2.45, 2.75) is 12.0 Å². The van der Waals surface area contributed by atoms with E-state index in [1.165, 1.54) is 17.8 Å². The van der Waals surface area contributed by atoms with Crippen LogP contribution in [-0.2, 0) is 9.59 Å². The van der Waals surface area contributed by atoms with Crippen LogP contribution in [0.2, 0.25) is 0 Å². The van der Waals surface area contributed by atoms with Crippen LogP contribution < -0.4 is 11.1 Å². The number of benzene rings is 3. The lowest BCUT2D eigenvalue weighted by molar-refractivity contribution is -0.137. The van der Waals surface area contributed by atoms with Crippen molar-refractivity contribution < 1.29 is 19.5 Å². The van der Waals surface area contributed by atoms with Gasteiger partial charge >= 0.3 is 5.97 Å². The maximum atomic E-state index is 13.4. The van der Waals surface area contributed by atoms with E-state index in [1.807, 2.05) is 54.6 Å². The van der Waals surface area contributed by atoms with E-state index in [1.54, 1.807) is 42.7 Å². The number of carboxylic acid groups (broad SMARTS) is 1. The number of ketones is 1. The Labute approximate surface area is 224 Å². The highest BCUT2D eigenvalue weighted by Gasteiger charge is 2.23. The molecule has 1 unspecified atom stereocenters. The first-order valence-electron chi connectivity index (χ1n) is 12.0. The number of carbonyl (C=O) groups excluding carboxylic acids is 2. The molecule has 0 saturated carbocycles. The Morgan fingerprint density at radius 3 is 2.45 bits per heavy atom. The van der Waals surface area contributed by atoms with Crippen LogP contribution in [-0.4, -0.2) is 45.3 Å². The molecule has 1 amide bonds. The highest BCUT2D eigenvalue weighted by atomic mass is 32.2. The normalized spacial score (nSPS) is 12.8. The van der Waals surface area contributed by atoms with E-state index in [-0.39, 0.29) is 17.4 Å². The number of nitrogens with zero attached hydrogens (tertiary/aromatic N) is 1. The van der Waals surface area contributed by atoms with Crippen molar-refractivity contribution in [3.8, 4) is 0 Å². The second-order valence-electron chi connectivity index (χ2n) is 8.69. The molecule has 0 radical (unpaired) electrons. The lowest BCUT2D eigenvalue weighted by Crippen LogP contribution is -2.32. The predicted octanol–water partition coefficient (Wildman–Crippen LogP) is 5.00. The van der Waals surface area contributed by atoms with Gasteiger partial charge in [0.15, 0.2) is 5.78 Å². The minimum atomic E-state index is -1.06. The topological polar surface area (TPSA) is 122 Å². The second kappa shape index (κ2) is 12.8. The molecule has 4 N–H and O–H groups in total. The molecule has 0 aliphatic carbocycles. The Hall–Kier alpha value is -4.27. The van der Waals surface area contributed by atoms with Gasteiger partial charge in [-0.15, -0.1) is 0 Å². The van der Waals surface area contributed by atoms with Gasteiger partial charge in [0.25, 0.3) is 0 Å². The van der Waals surface area contributed by atoms with E-state index in [2.05, 4.69) is 10.3 Å². The number of aliphatic carboxylic acids is 1. The average Bonchev–Trinajstić information content (AvgIpc) is 2.94. The van der Waals surface area contributed by atoms with Gasteiger partial charge in [-0.25, -0.2) is 0 Å². The summed E-state index contributed by atoms with van der Waals surface area (Å²) in [4.78, 5) is 40.9. The number of nitrogens with one attached hydrogen (secondary N) is 1. The molecule has 4 aromatic rings. The minimum absolute atomic E-state index is 0.0626. The smallest absolute Gasteiger partial charge is 0.321 e. The standard InChI is InChI=1S/C30H27N3O4S/c31-27(30(36)37)19-38-18-26(21-4-2-1-3-5-21)29(35)22-9-6-20(7-10-22)8-13-28(34)33-25-12-11-24-17-32-15-14-23(24)16-25/h1-17,26-27H,18-19,31H2,(H,33,34)(H,36,37)/b13-8+/t26?,27-/m0/s1. The Morgan fingerprint density at radius 1 is 0.947 bits per heavy atom. The van der Waals surface area contributed by atoms with Gasteiger partial charge in [-0.05, 0) is 40.8 Å². The van der Waals surface area contributed by atoms with Crippen LogP contribution >= 0.6 is 11.8 Å². The molecule has 0 bridgehead atoms. The number of nitrogens with two attached hydrogens (primary N) is 1. The van der Waals surface area contributed by atoms with Gasteiger partial charge in [0.2, 0.25) is 5.91 Å². The predicted molar refractivity (Wildman–Crippen MR) is 152 cm³/mol. The first kappa shape index (κ1) is 26.8. The summed E-state index contributed by atoms with van der Waals surface area (Å²) in [6.45, 7) is 0. The zero-order valence-corrected chi connectivity index (χ0v) is 21.3. The lowest BCUT2D eigenvalue weighted by atomic mass is 9.92. The number of rotatable bonds is 11. The average molecular weight is 526 g/mol. The van der Waals surface area contributed by atoms with Crippen molar-refractivity contribution in [2.75, 3.05) is 16.8 Å². The molecule has 8 heteroatoms. The van der Waals surface area contributed by atoms with Crippen molar-refractivity contribution in [3.05, 3.63) is 114 Å². The molecular weight excluding hydrogens is 498 g/mol. The van der Waals surface area contributed by atoms with Crippen LogP contribution in [0.3, 0.4) is 0 Å². The molecule has 0 aliphatic rings. The van der Waals surface area contributed by atoms with Crippen LogP contribution in [0.4, 0.5) is 5.69 Å². The Morgan fingerprint density at radius 2 is 1.71 bits per heavy atom. The van der Waals surface area contributed by atoms with Crippen LogP contribution in [0.1, 0.15) is 27.4 Å². The Balaban J connectivity index is 1.40. The zero-order chi connectivity index (χ0) is 26.9.